The van der Waals surface area contributed by atoms with E-state index in [0.29, 0.717) is 12.1 Å². The maximum atomic E-state index is 12.6. The fourth-order valence-electron chi connectivity index (χ4n) is 2.83. The van der Waals surface area contributed by atoms with E-state index in [0.717, 1.165) is 0 Å². The predicted molar refractivity (Wildman–Crippen MR) is 104 cm³/mol. The lowest BCUT2D eigenvalue weighted by Crippen LogP contribution is -2.11. The molecule has 4 rings (SSSR count). The molecule has 0 unspecified atom stereocenters. The lowest BCUT2D eigenvalue weighted by molar-refractivity contribution is -0.137. The molecule has 0 aliphatic rings. The van der Waals surface area contributed by atoms with Crippen molar-refractivity contribution in [3.05, 3.63) is 80.5 Å². The third-order valence-corrected chi connectivity index (χ3v) is 4.15. The number of rotatable bonds is 0. The third kappa shape index (κ3) is 4.85. The van der Waals surface area contributed by atoms with Gasteiger partial charge in [-0.15, -0.1) is 0 Å². The van der Waals surface area contributed by atoms with Crippen LogP contribution in [0.1, 0.15) is 11.1 Å². The molecule has 2 heterocycles. The number of hydrogen-bond donors (Lipinski definition) is 2. The molecule has 0 aliphatic heterocycles. The zero-order valence-electron chi connectivity index (χ0n) is 15.7. The van der Waals surface area contributed by atoms with E-state index in [2.05, 4.69) is 8.83 Å². The molecule has 0 radical (unpaired) electrons. The summed E-state index contributed by atoms with van der Waals surface area (Å²) in [5.41, 5.74) is 6.78. The molecule has 0 bridgehead atoms. The molecular weight excluding hydrogens is 446 g/mol. The van der Waals surface area contributed by atoms with Crippen molar-refractivity contribution in [1.82, 2.24) is 0 Å². The molecule has 2 aromatic carbocycles. The first-order valence-corrected chi connectivity index (χ1v) is 8.57. The highest BCUT2D eigenvalue weighted by Crippen LogP contribution is 2.35. The summed E-state index contributed by atoms with van der Waals surface area (Å²) in [5.74, 6) is 0. The monoisotopic (exact) mass is 458 g/mol. The molecule has 32 heavy (non-hydrogen) atoms. The van der Waals surface area contributed by atoms with Gasteiger partial charge in [0.05, 0.1) is 11.1 Å². The minimum Gasteiger partial charge on any atom is -0.423 e. The van der Waals surface area contributed by atoms with Gasteiger partial charge in [0.25, 0.3) is 0 Å². The topological polar surface area (TPSA) is 112 Å². The molecule has 0 amide bonds. The zero-order valence-corrected chi connectivity index (χ0v) is 15.7. The smallest absolute Gasteiger partial charge is 0.417 e. The first kappa shape index (κ1) is 22.7. The molecule has 0 aliphatic carbocycles. The Morgan fingerprint density at radius 1 is 0.594 bits per heavy atom. The lowest BCUT2D eigenvalue weighted by Gasteiger charge is -2.08. The van der Waals surface area contributed by atoms with Gasteiger partial charge in [0.2, 0.25) is 0 Å². The fourth-order valence-corrected chi connectivity index (χ4v) is 2.83. The maximum Gasteiger partial charge on any atom is 0.417 e. The van der Waals surface area contributed by atoms with E-state index in [1.54, 1.807) is 0 Å². The van der Waals surface area contributed by atoms with Gasteiger partial charge < -0.3 is 20.3 Å². The summed E-state index contributed by atoms with van der Waals surface area (Å²) < 4.78 is 84.8. The molecule has 2 aromatic heterocycles. The molecule has 6 nitrogen and oxygen atoms in total. The number of hydrogen-bond acceptors (Lipinski definition) is 6. The Balaban J connectivity index is 0.000000181. The van der Waals surface area contributed by atoms with Crippen molar-refractivity contribution in [2.24, 2.45) is 0 Å². The summed E-state index contributed by atoms with van der Waals surface area (Å²) in [6.07, 6.45) is -9.19. The Labute approximate surface area is 173 Å². The van der Waals surface area contributed by atoms with Crippen molar-refractivity contribution >= 4 is 33.3 Å². The Hall–Kier alpha value is -3.96. The van der Waals surface area contributed by atoms with Crippen molar-refractivity contribution in [3.8, 4) is 0 Å². The Morgan fingerprint density at radius 2 is 0.938 bits per heavy atom. The van der Waals surface area contributed by atoms with Gasteiger partial charge in [0.1, 0.15) is 11.2 Å². The summed E-state index contributed by atoms with van der Waals surface area (Å²) in [6.45, 7) is 0. The second-order valence-electron chi connectivity index (χ2n) is 6.46. The van der Waals surface area contributed by atoms with Crippen molar-refractivity contribution < 1.29 is 35.2 Å². The number of nitrogens with two attached hydrogens (primary N) is 2. The van der Waals surface area contributed by atoms with Gasteiger partial charge in [0, 0.05) is 46.4 Å². The van der Waals surface area contributed by atoms with E-state index in [1.807, 2.05) is 0 Å². The highest BCUT2D eigenvalue weighted by molar-refractivity contribution is 5.84. The Morgan fingerprint density at radius 3 is 1.25 bits per heavy atom. The van der Waals surface area contributed by atoms with Crippen LogP contribution >= 0.6 is 0 Å². The largest absolute Gasteiger partial charge is 0.423 e. The quantitative estimate of drug-likeness (QED) is 0.223. The van der Waals surface area contributed by atoms with E-state index in [4.69, 9.17) is 11.5 Å². The second kappa shape index (κ2) is 7.94. The third-order valence-electron chi connectivity index (χ3n) is 4.15. The van der Waals surface area contributed by atoms with E-state index in [9.17, 15) is 35.9 Å². The molecule has 4 N–H and O–H groups in total. The summed E-state index contributed by atoms with van der Waals surface area (Å²) in [6, 6.07) is 8.22. The average molecular weight is 458 g/mol. The first-order chi connectivity index (χ1) is 14.8. The summed E-state index contributed by atoms with van der Waals surface area (Å²) in [4.78, 5) is 21.9. The van der Waals surface area contributed by atoms with Gasteiger partial charge in [-0.25, -0.2) is 9.59 Å². The highest BCUT2D eigenvalue weighted by Gasteiger charge is 2.34. The van der Waals surface area contributed by atoms with Crippen LogP contribution in [0.4, 0.5) is 37.7 Å². The van der Waals surface area contributed by atoms with Crippen molar-refractivity contribution in [2.75, 3.05) is 11.5 Å². The number of halogens is 6. The van der Waals surface area contributed by atoms with Crippen LogP contribution in [0, 0.1) is 0 Å². The Kier molecular flexibility index (Phi) is 5.64. The number of nitrogen functional groups attached to an aromatic ring is 2. The normalized spacial score (nSPS) is 11.9. The van der Waals surface area contributed by atoms with Crippen molar-refractivity contribution in [1.29, 1.82) is 0 Å². The summed E-state index contributed by atoms with van der Waals surface area (Å²) >= 11 is 0. The van der Waals surface area contributed by atoms with Crippen LogP contribution < -0.4 is 22.7 Å². The van der Waals surface area contributed by atoms with E-state index in [1.165, 1.54) is 36.4 Å². The summed E-state index contributed by atoms with van der Waals surface area (Å²) in [5, 5.41) is -0.359. The fraction of sp³-hybridized carbons (Fsp3) is 0.100. The van der Waals surface area contributed by atoms with Gasteiger partial charge in [-0.05, 0) is 24.3 Å². The van der Waals surface area contributed by atoms with Crippen molar-refractivity contribution in [3.63, 3.8) is 0 Å². The van der Waals surface area contributed by atoms with E-state index < -0.39 is 34.7 Å². The molecule has 12 heteroatoms. The number of alkyl halides is 6. The zero-order chi connectivity index (χ0) is 23.8. The van der Waals surface area contributed by atoms with E-state index >= 15 is 0 Å². The Bertz CT molecular complexity index is 1310. The molecular formula is C20H12F6N2O4. The number of benzene rings is 2. The maximum absolute atomic E-state index is 12.6. The predicted octanol–water partition coefficient (Wildman–Crippen LogP) is 4.79. The average Bonchev–Trinajstić information content (AvgIpc) is 2.65. The van der Waals surface area contributed by atoms with Crippen LogP contribution in [0.5, 0.6) is 0 Å². The molecule has 0 atom stereocenters. The molecule has 4 aromatic rings. The molecule has 0 spiro atoms. The van der Waals surface area contributed by atoms with Gasteiger partial charge in [0.15, 0.2) is 0 Å². The molecule has 0 saturated carbocycles. The van der Waals surface area contributed by atoms with Gasteiger partial charge in [-0.3, -0.25) is 0 Å². The highest BCUT2D eigenvalue weighted by atomic mass is 19.4. The second-order valence-corrected chi connectivity index (χ2v) is 6.46. The van der Waals surface area contributed by atoms with Gasteiger partial charge in [-0.2, -0.15) is 26.3 Å². The minimum absolute atomic E-state index is 0.167. The number of fused-ring (bicyclic) bond motifs is 2. The lowest BCUT2D eigenvalue weighted by atomic mass is 10.1. The number of anilines is 2. The van der Waals surface area contributed by atoms with E-state index in [-0.39, 0.29) is 33.3 Å². The van der Waals surface area contributed by atoms with Gasteiger partial charge >= 0.3 is 23.6 Å². The van der Waals surface area contributed by atoms with Gasteiger partial charge in [-0.1, -0.05) is 0 Å². The summed E-state index contributed by atoms with van der Waals surface area (Å²) in [7, 11) is 0. The van der Waals surface area contributed by atoms with Crippen LogP contribution in [0.3, 0.4) is 0 Å². The minimum atomic E-state index is -4.59. The first-order valence-electron chi connectivity index (χ1n) is 8.57. The standard InChI is InChI=1S/2C10H6F3NO2/c2*11-10(12,13)7-4-9(15)16-8-3-5(14)1-2-6(7)8/h2*1-4H,14H2. The van der Waals surface area contributed by atoms with Crippen LogP contribution in [0.2, 0.25) is 0 Å². The van der Waals surface area contributed by atoms with Crippen LogP contribution in [0.15, 0.2) is 67.0 Å². The van der Waals surface area contributed by atoms with Crippen LogP contribution in [-0.2, 0) is 12.4 Å². The SMILES string of the molecule is Nc1ccc2c(C(F)(F)F)cc(=O)oc2c1.Nc1ccc2c(C(F)(F)F)cc(=O)oc2c1. The molecule has 168 valence electrons. The molecule has 0 saturated heterocycles. The van der Waals surface area contributed by atoms with Crippen LogP contribution in [0.25, 0.3) is 21.9 Å². The van der Waals surface area contributed by atoms with Crippen molar-refractivity contribution in [2.45, 2.75) is 12.4 Å². The van der Waals surface area contributed by atoms with Crippen LogP contribution in [-0.4, -0.2) is 0 Å². The molecule has 0 fully saturated rings.